The van der Waals surface area contributed by atoms with Crippen LogP contribution in [-0.4, -0.2) is 20.8 Å². The van der Waals surface area contributed by atoms with Crippen molar-refractivity contribution in [2.45, 2.75) is 6.92 Å². The minimum absolute atomic E-state index is 0.0777. The van der Waals surface area contributed by atoms with Crippen LogP contribution in [0.5, 0.6) is 5.88 Å². The standard InChI is InChI=1S/C15H13BrN4O/c1-8(19-13-5-2-9(16)7-18-13)14-11-6-10(17)3-4-12(11)20-15(14)21/h2-7,20-21H,17H2,1H3. The predicted octanol–water partition coefficient (Wildman–Crippen LogP) is 3.75. The topological polar surface area (TPSA) is 87.3 Å². The molecule has 0 spiro atoms. The van der Waals surface area contributed by atoms with E-state index >= 15 is 0 Å². The number of H-pyrrole nitrogens is 1. The summed E-state index contributed by atoms with van der Waals surface area (Å²) in [5, 5.41) is 11.0. The molecule has 0 radical (unpaired) electrons. The number of rotatable bonds is 2. The number of hydrogen-bond acceptors (Lipinski definition) is 4. The van der Waals surface area contributed by atoms with Crippen LogP contribution in [-0.2, 0) is 0 Å². The molecular formula is C15H13BrN4O. The van der Waals surface area contributed by atoms with Gasteiger partial charge in [0.1, 0.15) is 0 Å². The van der Waals surface area contributed by atoms with Crippen molar-refractivity contribution in [2.24, 2.45) is 4.99 Å². The first-order valence-corrected chi connectivity index (χ1v) is 7.11. The predicted molar refractivity (Wildman–Crippen MR) is 88.2 cm³/mol. The zero-order valence-electron chi connectivity index (χ0n) is 11.3. The van der Waals surface area contributed by atoms with Crippen LogP contribution in [0.4, 0.5) is 11.5 Å². The molecule has 0 bridgehead atoms. The van der Waals surface area contributed by atoms with Crippen molar-refractivity contribution >= 4 is 44.0 Å². The molecule has 0 amide bonds. The number of aromatic hydroxyl groups is 1. The fraction of sp³-hybridized carbons (Fsp3) is 0.0667. The monoisotopic (exact) mass is 344 g/mol. The van der Waals surface area contributed by atoms with Gasteiger partial charge in [-0.2, -0.15) is 0 Å². The summed E-state index contributed by atoms with van der Waals surface area (Å²) < 4.78 is 0.891. The van der Waals surface area contributed by atoms with Crippen LogP contribution in [0.2, 0.25) is 0 Å². The van der Waals surface area contributed by atoms with Crippen molar-refractivity contribution in [3.05, 3.63) is 46.6 Å². The summed E-state index contributed by atoms with van der Waals surface area (Å²) >= 11 is 3.33. The van der Waals surface area contributed by atoms with Gasteiger partial charge in [0, 0.05) is 27.3 Å². The van der Waals surface area contributed by atoms with Crippen LogP contribution in [0.15, 0.2) is 46.0 Å². The largest absolute Gasteiger partial charge is 0.494 e. The molecule has 1 aromatic carbocycles. The number of nitrogens with zero attached hydrogens (tertiary/aromatic N) is 2. The third-order valence-corrected chi connectivity index (χ3v) is 3.63. The second kappa shape index (κ2) is 5.21. The number of hydrogen-bond donors (Lipinski definition) is 3. The molecular weight excluding hydrogens is 332 g/mol. The maximum atomic E-state index is 10.1. The fourth-order valence-corrected chi connectivity index (χ4v) is 2.46. The lowest BCUT2D eigenvalue weighted by Gasteiger charge is -2.01. The van der Waals surface area contributed by atoms with Crippen LogP contribution in [0.25, 0.3) is 10.9 Å². The van der Waals surface area contributed by atoms with Crippen molar-refractivity contribution in [1.82, 2.24) is 9.97 Å². The number of aromatic amines is 1. The molecule has 0 aliphatic heterocycles. The first-order chi connectivity index (χ1) is 10.0. The lowest BCUT2D eigenvalue weighted by molar-refractivity contribution is 0.457. The molecule has 6 heteroatoms. The first kappa shape index (κ1) is 13.6. The van der Waals surface area contributed by atoms with Gasteiger partial charge in [-0.3, -0.25) is 0 Å². The summed E-state index contributed by atoms with van der Waals surface area (Å²) in [7, 11) is 0. The van der Waals surface area contributed by atoms with Gasteiger partial charge in [0.15, 0.2) is 11.7 Å². The van der Waals surface area contributed by atoms with Crippen LogP contribution in [0.3, 0.4) is 0 Å². The molecule has 0 saturated carbocycles. The Labute approximate surface area is 129 Å². The Balaban J connectivity index is 2.12. The quantitative estimate of drug-likeness (QED) is 0.488. The van der Waals surface area contributed by atoms with E-state index in [0.29, 0.717) is 22.8 Å². The normalized spacial score (nSPS) is 12.0. The molecule has 0 aliphatic rings. The SMILES string of the molecule is CC(=Nc1ccc(Br)cn1)c1c(O)[nH]c2ccc(N)cc12. The zero-order valence-corrected chi connectivity index (χ0v) is 12.8. The summed E-state index contributed by atoms with van der Waals surface area (Å²) in [6, 6.07) is 9.10. The molecule has 2 heterocycles. The average Bonchev–Trinajstić information content (AvgIpc) is 2.76. The minimum atomic E-state index is 0.0777. The van der Waals surface area contributed by atoms with Crippen molar-refractivity contribution in [2.75, 3.05) is 5.73 Å². The summed E-state index contributed by atoms with van der Waals surface area (Å²) in [5.41, 5.74) is 8.58. The van der Waals surface area contributed by atoms with E-state index in [1.165, 1.54) is 0 Å². The number of anilines is 1. The maximum absolute atomic E-state index is 10.1. The number of fused-ring (bicyclic) bond motifs is 1. The minimum Gasteiger partial charge on any atom is -0.494 e. The zero-order chi connectivity index (χ0) is 15.0. The van der Waals surface area contributed by atoms with Crippen LogP contribution >= 0.6 is 15.9 Å². The summed E-state index contributed by atoms with van der Waals surface area (Å²) in [6.07, 6.45) is 1.68. The molecule has 4 N–H and O–H groups in total. The highest BCUT2D eigenvalue weighted by Gasteiger charge is 2.14. The highest BCUT2D eigenvalue weighted by Crippen LogP contribution is 2.30. The van der Waals surface area contributed by atoms with Crippen LogP contribution in [0.1, 0.15) is 12.5 Å². The first-order valence-electron chi connectivity index (χ1n) is 6.32. The van der Waals surface area contributed by atoms with Gasteiger partial charge >= 0.3 is 0 Å². The Morgan fingerprint density at radius 1 is 1.33 bits per heavy atom. The fourth-order valence-electron chi connectivity index (χ4n) is 2.22. The molecule has 106 valence electrons. The van der Waals surface area contributed by atoms with Crippen LogP contribution in [0, 0.1) is 0 Å². The van der Waals surface area contributed by atoms with Crippen LogP contribution < -0.4 is 5.73 Å². The Hall–Kier alpha value is -2.34. The van der Waals surface area contributed by atoms with Gasteiger partial charge in [0.05, 0.1) is 11.3 Å². The van der Waals surface area contributed by atoms with Crippen molar-refractivity contribution in [3.63, 3.8) is 0 Å². The van der Waals surface area contributed by atoms with Gasteiger partial charge in [-0.15, -0.1) is 0 Å². The highest BCUT2D eigenvalue weighted by atomic mass is 79.9. The van der Waals surface area contributed by atoms with Crippen molar-refractivity contribution in [1.29, 1.82) is 0 Å². The van der Waals surface area contributed by atoms with E-state index in [1.807, 2.05) is 25.1 Å². The molecule has 0 saturated heterocycles. The number of aromatic nitrogens is 2. The third-order valence-electron chi connectivity index (χ3n) is 3.16. The average molecular weight is 345 g/mol. The van der Waals surface area contributed by atoms with Crippen molar-refractivity contribution in [3.8, 4) is 5.88 Å². The smallest absolute Gasteiger partial charge is 0.198 e. The van der Waals surface area contributed by atoms with E-state index in [2.05, 4.69) is 30.9 Å². The van der Waals surface area contributed by atoms with E-state index in [9.17, 15) is 5.11 Å². The Morgan fingerprint density at radius 2 is 2.14 bits per heavy atom. The summed E-state index contributed by atoms with van der Waals surface area (Å²) in [5.74, 6) is 0.655. The molecule has 0 unspecified atom stereocenters. The van der Waals surface area contributed by atoms with Gasteiger partial charge in [-0.1, -0.05) is 0 Å². The summed E-state index contributed by atoms with van der Waals surface area (Å²) in [4.78, 5) is 11.6. The number of nitrogens with one attached hydrogen (secondary N) is 1. The number of nitrogens with two attached hydrogens (primary N) is 1. The Kier molecular flexibility index (Phi) is 3.39. The van der Waals surface area contributed by atoms with Gasteiger partial charge in [0.25, 0.3) is 0 Å². The molecule has 2 aromatic heterocycles. The number of aliphatic imine (C=N–C) groups is 1. The molecule has 0 fully saturated rings. The van der Waals surface area contributed by atoms with E-state index in [-0.39, 0.29) is 5.88 Å². The second-order valence-corrected chi connectivity index (χ2v) is 5.60. The lowest BCUT2D eigenvalue weighted by atomic mass is 10.1. The van der Waals surface area contributed by atoms with E-state index in [1.54, 1.807) is 18.3 Å². The van der Waals surface area contributed by atoms with E-state index in [0.717, 1.165) is 15.4 Å². The molecule has 5 nitrogen and oxygen atoms in total. The van der Waals surface area contributed by atoms with E-state index in [4.69, 9.17) is 5.73 Å². The number of halogens is 1. The molecule has 21 heavy (non-hydrogen) atoms. The number of pyridine rings is 1. The molecule has 0 aliphatic carbocycles. The maximum Gasteiger partial charge on any atom is 0.198 e. The molecule has 3 aromatic rings. The molecule has 0 atom stereocenters. The number of benzene rings is 1. The molecule has 3 rings (SSSR count). The third kappa shape index (κ3) is 2.62. The van der Waals surface area contributed by atoms with Gasteiger partial charge < -0.3 is 15.8 Å². The van der Waals surface area contributed by atoms with E-state index < -0.39 is 0 Å². The summed E-state index contributed by atoms with van der Waals surface area (Å²) in [6.45, 7) is 1.83. The number of nitrogen functional groups attached to an aromatic ring is 1. The van der Waals surface area contributed by atoms with Gasteiger partial charge in [0.2, 0.25) is 0 Å². The highest BCUT2D eigenvalue weighted by molar-refractivity contribution is 9.10. The second-order valence-electron chi connectivity index (χ2n) is 4.69. The van der Waals surface area contributed by atoms with Crippen molar-refractivity contribution < 1.29 is 5.11 Å². The van der Waals surface area contributed by atoms with Gasteiger partial charge in [-0.05, 0) is 53.2 Å². The Morgan fingerprint density at radius 3 is 2.86 bits per heavy atom. The van der Waals surface area contributed by atoms with Gasteiger partial charge in [-0.25, -0.2) is 9.98 Å². The lowest BCUT2D eigenvalue weighted by Crippen LogP contribution is -1.94. The Bertz CT molecular complexity index is 837.